The third-order valence-corrected chi connectivity index (χ3v) is 0.630. The largest absolute Gasteiger partial charge is 0.363 e. The molecule has 1 rings (SSSR count). The van der Waals surface area contributed by atoms with Gasteiger partial charge in [0.15, 0.2) is 6.04 Å². The molecule has 0 spiro atoms. The van der Waals surface area contributed by atoms with Crippen molar-refractivity contribution in [1.82, 2.24) is 5.32 Å². The zero-order valence-electron chi connectivity index (χ0n) is 3.55. The first-order valence-corrected chi connectivity index (χ1v) is 1.86. The second kappa shape index (κ2) is 1.61. The number of hydrogen-bond acceptors (Lipinski definition) is 3. The molecule has 0 aromatic heterocycles. The van der Waals surface area contributed by atoms with Crippen LogP contribution in [-0.2, 0) is 0 Å². The molecule has 1 heterocycles. The van der Waals surface area contributed by atoms with E-state index in [1.807, 2.05) is 6.07 Å². The van der Waals surface area contributed by atoms with Crippen molar-refractivity contribution < 1.29 is 0 Å². The Labute approximate surface area is 41.7 Å². The Bertz CT molecular complexity index is 121. The predicted octanol–water partition coefficient (Wildman–Crippen LogP) is -0.451. The topological polar surface area (TPSA) is 48.2 Å². The minimum atomic E-state index is -0.389. The molecule has 2 radical (unpaired) electrons. The smallest absolute Gasteiger partial charge is 0.166 e. The maximum atomic E-state index is 8.10. The molecular weight excluding hydrogens is 90.1 g/mol. The summed E-state index contributed by atoms with van der Waals surface area (Å²) in [5.74, 6) is 0. The van der Waals surface area contributed by atoms with Crippen molar-refractivity contribution in [3.63, 3.8) is 0 Å². The van der Waals surface area contributed by atoms with Gasteiger partial charge in [-0.2, -0.15) is 5.26 Å². The molecule has 0 bridgehead atoms. The highest BCUT2D eigenvalue weighted by Crippen LogP contribution is 1.93. The van der Waals surface area contributed by atoms with Crippen molar-refractivity contribution in [2.24, 2.45) is 4.99 Å². The molecule has 34 valence electrons. The van der Waals surface area contributed by atoms with E-state index in [0.29, 0.717) is 0 Å². The number of hydrogen-bond donors (Lipinski definition) is 1. The van der Waals surface area contributed by atoms with E-state index in [4.69, 9.17) is 5.26 Å². The summed E-state index contributed by atoms with van der Waals surface area (Å²) in [6.07, 6.45) is 1.45. The van der Waals surface area contributed by atoms with E-state index in [2.05, 4.69) is 16.9 Å². The standard InChI is InChI=1S/C4H3N3/c5-1-4-2-6-3-7-4/h3-4H,(H,6,7). The third kappa shape index (κ3) is 0.686. The van der Waals surface area contributed by atoms with Gasteiger partial charge in [-0.05, 0) is 0 Å². The molecule has 1 unspecified atom stereocenters. The second-order valence-electron chi connectivity index (χ2n) is 1.10. The number of aliphatic imine (C=N–C) groups is 1. The van der Waals surface area contributed by atoms with Gasteiger partial charge >= 0.3 is 0 Å². The van der Waals surface area contributed by atoms with Crippen LogP contribution in [0.1, 0.15) is 0 Å². The fourth-order valence-corrected chi connectivity index (χ4v) is 0.331. The van der Waals surface area contributed by atoms with Crippen LogP contribution in [-0.4, -0.2) is 12.4 Å². The van der Waals surface area contributed by atoms with Gasteiger partial charge in [0, 0.05) is 0 Å². The molecule has 0 amide bonds. The van der Waals surface area contributed by atoms with Crippen LogP contribution in [0, 0.1) is 17.9 Å². The SMILES string of the molecule is N#CC1[C]NC=N1. The molecule has 0 fully saturated rings. The van der Waals surface area contributed by atoms with Gasteiger partial charge < -0.3 is 5.32 Å². The Kier molecular flexibility index (Phi) is 0.947. The van der Waals surface area contributed by atoms with Crippen molar-refractivity contribution in [3.05, 3.63) is 6.54 Å². The second-order valence-corrected chi connectivity index (χ2v) is 1.10. The van der Waals surface area contributed by atoms with E-state index in [1.54, 1.807) is 0 Å². The van der Waals surface area contributed by atoms with Crippen LogP contribution in [0.15, 0.2) is 4.99 Å². The van der Waals surface area contributed by atoms with Crippen molar-refractivity contribution in [1.29, 1.82) is 5.26 Å². The fraction of sp³-hybridized carbons (Fsp3) is 0.250. The summed E-state index contributed by atoms with van der Waals surface area (Å²) in [5, 5.41) is 10.7. The molecule has 0 aliphatic carbocycles. The highest BCUT2D eigenvalue weighted by Gasteiger charge is 2.07. The molecule has 0 saturated carbocycles. The first-order valence-electron chi connectivity index (χ1n) is 1.86. The number of nitrogens with one attached hydrogen (secondary N) is 1. The van der Waals surface area contributed by atoms with E-state index in [-0.39, 0.29) is 6.04 Å². The molecule has 1 N–H and O–H groups in total. The van der Waals surface area contributed by atoms with Crippen LogP contribution in [0.4, 0.5) is 0 Å². The highest BCUT2D eigenvalue weighted by atomic mass is 15.0. The molecule has 0 saturated heterocycles. The van der Waals surface area contributed by atoms with Crippen molar-refractivity contribution in [3.8, 4) is 6.07 Å². The lowest BCUT2D eigenvalue weighted by Gasteiger charge is -1.83. The summed E-state index contributed by atoms with van der Waals surface area (Å²) < 4.78 is 0. The lowest BCUT2D eigenvalue weighted by molar-refractivity contribution is 0.961. The van der Waals surface area contributed by atoms with Crippen LogP contribution >= 0.6 is 0 Å². The monoisotopic (exact) mass is 93.0 g/mol. The van der Waals surface area contributed by atoms with Gasteiger partial charge in [-0.1, -0.05) is 0 Å². The van der Waals surface area contributed by atoms with Gasteiger partial charge in [-0.15, -0.1) is 0 Å². The van der Waals surface area contributed by atoms with Gasteiger partial charge in [0.1, 0.15) is 6.54 Å². The Balaban J connectivity index is 2.47. The van der Waals surface area contributed by atoms with Crippen LogP contribution in [0.25, 0.3) is 0 Å². The Hall–Kier alpha value is -1.04. The number of nitriles is 1. The number of nitrogens with zero attached hydrogens (tertiary/aromatic N) is 2. The van der Waals surface area contributed by atoms with Gasteiger partial charge in [0.05, 0.1) is 12.4 Å². The zero-order chi connectivity index (χ0) is 5.11. The first kappa shape index (κ1) is 4.13. The average molecular weight is 93.1 g/mol. The molecule has 3 nitrogen and oxygen atoms in total. The molecule has 1 atom stereocenters. The minimum absolute atomic E-state index is 0.389. The maximum Gasteiger partial charge on any atom is 0.166 e. The zero-order valence-corrected chi connectivity index (χ0v) is 3.55. The number of rotatable bonds is 0. The molecule has 0 aromatic carbocycles. The van der Waals surface area contributed by atoms with Crippen molar-refractivity contribution in [2.75, 3.05) is 0 Å². The quantitative estimate of drug-likeness (QED) is 0.441. The normalized spacial score (nSPS) is 26.4. The molecular formula is C4H3N3. The Morgan fingerprint density at radius 2 is 2.86 bits per heavy atom. The molecule has 0 aromatic rings. The van der Waals surface area contributed by atoms with Crippen LogP contribution in [0.5, 0.6) is 0 Å². The summed E-state index contributed by atoms with van der Waals surface area (Å²) in [6.45, 7) is 2.57. The van der Waals surface area contributed by atoms with Gasteiger partial charge in [0.2, 0.25) is 0 Å². The van der Waals surface area contributed by atoms with Crippen LogP contribution in [0.3, 0.4) is 0 Å². The van der Waals surface area contributed by atoms with E-state index >= 15 is 0 Å². The van der Waals surface area contributed by atoms with Crippen molar-refractivity contribution in [2.45, 2.75) is 6.04 Å². The lowest BCUT2D eigenvalue weighted by atomic mass is 10.4. The lowest BCUT2D eigenvalue weighted by Crippen LogP contribution is -2.04. The summed E-state index contributed by atoms with van der Waals surface area (Å²) in [5.41, 5.74) is 0. The molecule has 1 aliphatic rings. The van der Waals surface area contributed by atoms with E-state index in [1.165, 1.54) is 6.34 Å². The molecule has 1 aliphatic heterocycles. The average Bonchev–Trinajstić information content (AvgIpc) is 2.14. The summed E-state index contributed by atoms with van der Waals surface area (Å²) in [7, 11) is 0. The van der Waals surface area contributed by atoms with Gasteiger partial charge in [-0.3, -0.25) is 4.99 Å². The maximum absolute atomic E-state index is 8.10. The third-order valence-electron chi connectivity index (χ3n) is 0.630. The van der Waals surface area contributed by atoms with E-state index in [9.17, 15) is 0 Å². The highest BCUT2D eigenvalue weighted by molar-refractivity contribution is 5.59. The van der Waals surface area contributed by atoms with E-state index in [0.717, 1.165) is 0 Å². The minimum Gasteiger partial charge on any atom is -0.363 e. The Morgan fingerprint density at radius 1 is 2.00 bits per heavy atom. The van der Waals surface area contributed by atoms with Gasteiger partial charge in [-0.25, -0.2) is 0 Å². The molecule has 7 heavy (non-hydrogen) atoms. The predicted molar refractivity (Wildman–Crippen MR) is 24.3 cm³/mol. The van der Waals surface area contributed by atoms with Crippen LogP contribution in [0.2, 0.25) is 0 Å². The first-order chi connectivity index (χ1) is 3.43. The van der Waals surface area contributed by atoms with Crippen molar-refractivity contribution >= 4 is 6.34 Å². The molecule has 3 heteroatoms. The Morgan fingerprint density at radius 3 is 3.14 bits per heavy atom. The van der Waals surface area contributed by atoms with Gasteiger partial charge in [0.25, 0.3) is 0 Å². The fourth-order valence-electron chi connectivity index (χ4n) is 0.331. The van der Waals surface area contributed by atoms with Crippen LogP contribution < -0.4 is 5.32 Å². The summed E-state index contributed by atoms with van der Waals surface area (Å²) >= 11 is 0. The summed E-state index contributed by atoms with van der Waals surface area (Å²) in [6, 6.07) is 1.50. The summed E-state index contributed by atoms with van der Waals surface area (Å²) in [4.78, 5) is 3.65. The van der Waals surface area contributed by atoms with E-state index < -0.39 is 0 Å².